The van der Waals surface area contributed by atoms with Crippen LogP contribution in [0.4, 0.5) is 0 Å². The van der Waals surface area contributed by atoms with Crippen molar-refractivity contribution < 1.29 is 4.79 Å². The fourth-order valence-corrected chi connectivity index (χ4v) is 1.75. The Labute approximate surface area is 105 Å². The van der Waals surface area contributed by atoms with Gasteiger partial charge in [-0.2, -0.15) is 0 Å². The zero-order valence-corrected chi connectivity index (χ0v) is 9.98. The Morgan fingerprint density at radius 3 is 3.00 bits per heavy atom. The van der Waals surface area contributed by atoms with Gasteiger partial charge in [0, 0.05) is 23.1 Å². The molecule has 0 spiro atoms. The number of thiocarbonyl (C=S) groups is 1. The van der Waals surface area contributed by atoms with E-state index in [0.29, 0.717) is 16.9 Å². The van der Waals surface area contributed by atoms with Crippen molar-refractivity contribution in [2.75, 3.05) is 0 Å². The SMILES string of the molecule is O=C(C=Cc1ccccn1)C1=CC=CCC1=S. The topological polar surface area (TPSA) is 30.0 Å². The van der Waals surface area contributed by atoms with Crippen LogP contribution in [0.25, 0.3) is 6.08 Å². The monoisotopic (exact) mass is 241 g/mol. The van der Waals surface area contributed by atoms with E-state index in [1.165, 1.54) is 6.08 Å². The number of pyridine rings is 1. The van der Waals surface area contributed by atoms with E-state index in [-0.39, 0.29) is 5.78 Å². The maximum Gasteiger partial charge on any atom is 0.187 e. The average Bonchev–Trinajstić information content (AvgIpc) is 2.38. The maximum atomic E-state index is 11.9. The number of hydrogen-bond acceptors (Lipinski definition) is 3. The van der Waals surface area contributed by atoms with Crippen molar-refractivity contribution in [3.63, 3.8) is 0 Å². The number of carbonyl (C=O) groups is 1. The lowest BCUT2D eigenvalue weighted by molar-refractivity contribution is -0.110. The van der Waals surface area contributed by atoms with E-state index in [9.17, 15) is 4.79 Å². The van der Waals surface area contributed by atoms with E-state index in [1.54, 1.807) is 18.3 Å². The second kappa shape index (κ2) is 5.46. The Hall–Kier alpha value is -1.87. The van der Waals surface area contributed by atoms with E-state index in [0.717, 1.165) is 5.69 Å². The zero-order chi connectivity index (χ0) is 12.1. The van der Waals surface area contributed by atoms with Crippen LogP contribution in [0.5, 0.6) is 0 Å². The van der Waals surface area contributed by atoms with Crippen LogP contribution in [0.1, 0.15) is 12.1 Å². The summed E-state index contributed by atoms with van der Waals surface area (Å²) in [4.78, 5) is 16.7. The molecule has 0 radical (unpaired) electrons. The molecule has 0 fully saturated rings. The van der Waals surface area contributed by atoms with Crippen LogP contribution < -0.4 is 0 Å². The molecule has 3 heteroatoms. The second-order valence-corrected chi connectivity index (χ2v) is 4.08. The smallest absolute Gasteiger partial charge is 0.187 e. The van der Waals surface area contributed by atoms with Crippen LogP contribution in [-0.4, -0.2) is 15.6 Å². The summed E-state index contributed by atoms with van der Waals surface area (Å²) in [5.41, 5.74) is 1.37. The number of carbonyl (C=O) groups excluding carboxylic acids is 1. The quantitative estimate of drug-likeness (QED) is 0.602. The minimum atomic E-state index is -0.0648. The van der Waals surface area contributed by atoms with Gasteiger partial charge < -0.3 is 0 Å². The molecule has 0 N–H and O–H groups in total. The van der Waals surface area contributed by atoms with Crippen LogP contribution in [0.2, 0.25) is 0 Å². The standard InChI is InChI=1S/C14H11NOS/c16-13(12-6-1-2-7-14(12)17)9-8-11-5-3-4-10-15-11/h1-6,8-10H,7H2. The summed E-state index contributed by atoms with van der Waals surface area (Å²) < 4.78 is 0. The largest absolute Gasteiger partial charge is 0.289 e. The summed E-state index contributed by atoms with van der Waals surface area (Å²) >= 11 is 5.14. The molecule has 0 amide bonds. The molecule has 1 aromatic heterocycles. The molecule has 0 aliphatic heterocycles. The van der Waals surface area contributed by atoms with Crippen LogP contribution in [-0.2, 0) is 4.79 Å². The number of hydrogen-bond donors (Lipinski definition) is 0. The van der Waals surface area contributed by atoms with Gasteiger partial charge in [-0.3, -0.25) is 9.78 Å². The van der Waals surface area contributed by atoms with Crippen molar-refractivity contribution in [3.8, 4) is 0 Å². The number of rotatable bonds is 3. The number of aromatic nitrogens is 1. The van der Waals surface area contributed by atoms with Gasteiger partial charge in [-0.1, -0.05) is 36.5 Å². The van der Waals surface area contributed by atoms with Crippen LogP contribution >= 0.6 is 12.2 Å². The van der Waals surface area contributed by atoms with Crippen LogP contribution in [0, 0.1) is 0 Å². The molecular weight excluding hydrogens is 230 g/mol. The van der Waals surface area contributed by atoms with E-state index in [2.05, 4.69) is 4.98 Å². The molecule has 0 saturated carbocycles. The Kier molecular flexibility index (Phi) is 3.73. The summed E-state index contributed by atoms with van der Waals surface area (Å²) in [5, 5.41) is 0. The predicted molar refractivity (Wildman–Crippen MR) is 72.7 cm³/mol. The summed E-state index contributed by atoms with van der Waals surface area (Å²) in [7, 11) is 0. The molecule has 0 unspecified atom stereocenters. The van der Waals surface area contributed by atoms with Gasteiger partial charge in [0.05, 0.1) is 5.69 Å². The fraction of sp³-hybridized carbons (Fsp3) is 0.0714. The van der Waals surface area contributed by atoms with Gasteiger partial charge in [0.15, 0.2) is 5.78 Å². The minimum absolute atomic E-state index is 0.0648. The van der Waals surface area contributed by atoms with Crippen molar-refractivity contribution in [1.29, 1.82) is 0 Å². The second-order valence-electron chi connectivity index (χ2n) is 3.59. The highest BCUT2D eigenvalue weighted by molar-refractivity contribution is 7.81. The Bertz CT molecular complexity index is 526. The van der Waals surface area contributed by atoms with Crippen molar-refractivity contribution >= 4 is 28.9 Å². The third kappa shape index (κ3) is 3.04. The van der Waals surface area contributed by atoms with E-state index >= 15 is 0 Å². The molecule has 0 atom stereocenters. The lowest BCUT2D eigenvalue weighted by atomic mass is 10.0. The fourth-order valence-electron chi connectivity index (χ4n) is 1.49. The van der Waals surface area contributed by atoms with Gasteiger partial charge in [-0.05, 0) is 24.3 Å². The normalized spacial score (nSPS) is 15.1. The molecule has 1 heterocycles. The number of ketones is 1. The Morgan fingerprint density at radius 1 is 1.41 bits per heavy atom. The van der Waals surface area contributed by atoms with Gasteiger partial charge in [-0.15, -0.1) is 0 Å². The predicted octanol–water partition coefficient (Wildman–Crippen LogP) is 2.92. The van der Waals surface area contributed by atoms with Gasteiger partial charge in [0.2, 0.25) is 0 Å². The lowest BCUT2D eigenvalue weighted by Crippen LogP contribution is -2.10. The highest BCUT2D eigenvalue weighted by Crippen LogP contribution is 2.12. The Morgan fingerprint density at radius 2 is 2.29 bits per heavy atom. The third-order valence-corrected chi connectivity index (χ3v) is 2.75. The van der Waals surface area contributed by atoms with Crippen molar-refractivity contribution in [1.82, 2.24) is 4.98 Å². The van der Waals surface area contributed by atoms with Gasteiger partial charge in [0.1, 0.15) is 0 Å². The summed E-state index contributed by atoms with van der Waals surface area (Å²) in [6.07, 6.45) is 11.1. The highest BCUT2D eigenvalue weighted by atomic mass is 32.1. The first kappa shape index (κ1) is 11.6. The van der Waals surface area contributed by atoms with Crippen molar-refractivity contribution in [3.05, 3.63) is 60.0 Å². The van der Waals surface area contributed by atoms with Gasteiger partial charge in [-0.25, -0.2) is 0 Å². The van der Waals surface area contributed by atoms with Crippen LogP contribution in [0.15, 0.2) is 54.3 Å². The lowest BCUT2D eigenvalue weighted by Gasteiger charge is -2.06. The van der Waals surface area contributed by atoms with Crippen LogP contribution in [0.3, 0.4) is 0 Å². The molecule has 0 bridgehead atoms. The number of allylic oxidation sites excluding steroid dienone is 5. The van der Waals surface area contributed by atoms with E-state index in [1.807, 2.05) is 30.4 Å². The van der Waals surface area contributed by atoms with E-state index in [4.69, 9.17) is 12.2 Å². The van der Waals surface area contributed by atoms with Gasteiger partial charge >= 0.3 is 0 Å². The van der Waals surface area contributed by atoms with E-state index < -0.39 is 0 Å². The first-order valence-corrected chi connectivity index (χ1v) is 5.71. The molecule has 0 aromatic carbocycles. The zero-order valence-electron chi connectivity index (χ0n) is 9.17. The first-order chi connectivity index (χ1) is 8.27. The molecular formula is C14H11NOS. The maximum absolute atomic E-state index is 11.9. The Balaban J connectivity index is 2.12. The molecule has 17 heavy (non-hydrogen) atoms. The summed E-state index contributed by atoms with van der Waals surface area (Å²) in [6.45, 7) is 0. The molecule has 1 aliphatic rings. The molecule has 84 valence electrons. The first-order valence-electron chi connectivity index (χ1n) is 5.31. The van der Waals surface area contributed by atoms with Crippen molar-refractivity contribution in [2.45, 2.75) is 6.42 Å². The molecule has 1 aliphatic carbocycles. The summed E-state index contributed by atoms with van der Waals surface area (Å²) in [5.74, 6) is -0.0648. The molecule has 2 nitrogen and oxygen atoms in total. The molecule has 1 aromatic rings. The molecule has 2 rings (SSSR count). The third-order valence-electron chi connectivity index (χ3n) is 2.36. The summed E-state index contributed by atoms with van der Waals surface area (Å²) in [6, 6.07) is 5.56. The van der Waals surface area contributed by atoms with Crippen molar-refractivity contribution in [2.24, 2.45) is 0 Å². The number of nitrogens with zero attached hydrogens (tertiary/aromatic N) is 1. The molecule has 0 saturated heterocycles. The highest BCUT2D eigenvalue weighted by Gasteiger charge is 2.12. The average molecular weight is 241 g/mol. The minimum Gasteiger partial charge on any atom is -0.289 e. The van der Waals surface area contributed by atoms with Gasteiger partial charge in [0.25, 0.3) is 0 Å².